The van der Waals surface area contributed by atoms with E-state index in [1.807, 2.05) is 39.8 Å². The van der Waals surface area contributed by atoms with Crippen molar-refractivity contribution in [1.29, 1.82) is 0 Å². The van der Waals surface area contributed by atoms with Gasteiger partial charge in [-0.05, 0) is 34.9 Å². The second kappa shape index (κ2) is 7.21. The largest absolute Gasteiger partial charge is 0.355 e. The zero-order chi connectivity index (χ0) is 15.3. The van der Waals surface area contributed by atoms with E-state index in [0.29, 0.717) is 6.54 Å². The van der Waals surface area contributed by atoms with Gasteiger partial charge in [0.1, 0.15) is 0 Å². The summed E-state index contributed by atoms with van der Waals surface area (Å²) in [6.45, 7) is 6.99. The van der Waals surface area contributed by atoms with Crippen LogP contribution in [0.4, 0.5) is 0 Å². The minimum atomic E-state index is -3.31. The molecule has 0 spiro atoms. The molecule has 0 atom stereocenters. The Bertz CT molecular complexity index is 386. The molecule has 0 rings (SSSR count). The van der Waals surface area contributed by atoms with Gasteiger partial charge in [-0.15, -0.1) is 0 Å². The first-order valence-corrected chi connectivity index (χ1v) is 8.18. The van der Waals surface area contributed by atoms with E-state index in [1.165, 1.54) is 10.6 Å². The predicted molar refractivity (Wildman–Crippen MR) is 77.5 cm³/mol. The number of carbonyl (C=O) groups is 1. The molecular weight excluding hydrogens is 266 g/mol. The van der Waals surface area contributed by atoms with E-state index in [4.69, 9.17) is 0 Å². The first kappa shape index (κ1) is 18.3. The number of sulfonamides is 1. The molecule has 0 bridgehead atoms. The fourth-order valence-electron chi connectivity index (χ4n) is 1.71. The summed E-state index contributed by atoms with van der Waals surface area (Å²) in [6.07, 6.45) is 1.35. The third kappa shape index (κ3) is 8.18. The molecular formula is C12H27N3O3S. The van der Waals surface area contributed by atoms with Crippen LogP contribution in [0, 0.1) is 0 Å². The summed E-state index contributed by atoms with van der Waals surface area (Å²) in [4.78, 5) is 13.6. The normalized spacial score (nSPS) is 13.1. The molecule has 1 amide bonds. The Labute approximate surface area is 117 Å². The molecule has 0 saturated carbocycles. The minimum Gasteiger partial charge on any atom is -0.355 e. The standard InChI is InChI=1S/C12H27N3O3S/c1-12(2,3)15(19(6,17)18)9-7-11(16)13-8-10-14(4)5/h7-10H2,1-6H3,(H,13,16). The Morgan fingerprint density at radius 1 is 1.16 bits per heavy atom. The van der Waals surface area contributed by atoms with Crippen molar-refractivity contribution >= 4 is 15.9 Å². The van der Waals surface area contributed by atoms with Crippen LogP contribution < -0.4 is 5.32 Å². The van der Waals surface area contributed by atoms with Gasteiger partial charge in [-0.25, -0.2) is 8.42 Å². The van der Waals surface area contributed by atoms with Gasteiger partial charge in [-0.3, -0.25) is 4.79 Å². The number of carbonyl (C=O) groups excluding carboxylic acids is 1. The third-order valence-electron chi connectivity index (χ3n) is 2.57. The van der Waals surface area contributed by atoms with Gasteiger partial charge >= 0.3 is 0 Å². The van der Waals surface area contributed by atoms with Crippen molar-refractivity contribution in [3.63, 3.8) is 0 Å². The van der Waals surface area contributed by atoms with Crippen LogP contribution in [0.25, 0.3) is 0 Å². The topological polar surface area (TPSA) is 69.7 Å². The maximum Gasteiger partial charge on any atom is 0.221 e. The number of rotatable bonds is 7. The van der Waals surface area contributed by atoms with E-state index in [1.54, 1.807) is 0 Å². The SMILES string of the molecule is CN(C)CCNC(=O)CCN(C(C)(C)C)S(C)(=O)=O. The summed E-state index contributed by atoms with van der Waals surface area (Å²) in [5.41, 5.74) is -0.516. The van der Waals surface area contributed by atoms with Crippen LogP contribution in [0.15, 0.2) is 0 Å². The lowest BCUT2D eigenvalue weighted by Crippen LogP contribution is -2.46. The summed E-state index contributed by atoms with van der Waals surface area (Å²) in [6, 6.07) is 0. The number of likely N-dealkylation sites (N-methyl/N-ethyl adjacent to an activating group) is 1. The highest BCUT2D eigenvalue weighted by Crippen LogP contribution is 2.17. The lowest BCUT2D eigenvalue weighted by molar-refractivity contribution is -0.121. The van der Waals surface area contributed by atoms with E-state index in [2.05, 4.69) is 5.32 Å². The van der Waals surface area contributed by atoms with E-state index < -0.39 is 15.6 Å². The maximum absolute atomic E-state index is 11.7. The van der Waals surface area contributed by atoms with Gasteiger partial charge in [0.05, 0.1) is 6.26 Å². The number of nitrogens with zero attached hydrogens (tertiary/aromatic N) is 2. The molecule has 0 fully saturated rings. The number of hydrogen-bond acceptors (Lipinski definition) is 4. The van der Waals surface area contributed by atoms with Crippen molar-refractivity contribution in [2.24, 2.45) is 0 Å². The number of hydrogen-bond donors (Lipinski definition) is 1. The molecule has 7 heteroatoms. The van der Waals surface area contributed by atoms with Gasteiger partial charge < -0.3 is 10.2 Å². The first-order valence-electron chi connectivity index (χ1n) is 6.34. The summed E-state index contributed by atoms with van der Waals surface area (Å²) in [5.74, 6) is -0.125. The second-order valence-electron chi connectivity index (χ2n) is 5.91. The van der Waals surface area contributed by atoms with E-state index in [-0.39, 0.29) is 18.9 Å². The van der Waals surface area contributed by atoms with Gasteiger partial charge in [-0.1, -0.05) is 0 Å². The lowest BCUT2D eigenvalue weighted by Gasteiger charge is -2.33. The average molecular weight is 293 g/mol. The van der Waals surface area contributed by atoms with Crippen LogP contribution in [-0.4, -0.2) is 69.1 Å². The van der Waals surface area contributed by atoms with Crippen LogP contribution in [0.3, 0.4) is 0 Å². The minimum absolute atomic E-state index is 0.125. The molecule has 0 radical (unpaired) electrons. The molecule has 0 heterocycles. The summed E-state index contributed by atoms with van der Waals surface area (Å²) >= 11 is 0. The van der Waals surface area contributed by atoms with Crippen molar-refractivity contribution in [3.05, 3.63) is 0 Å². The second-order valence-corrected chi connectivity index (χ2v) is 7.82. The Kier molecular flexibility index (Phi) is 6.96. The fraction of sp³-hybridized carbons (Fsp3) is 0.917. The Hall–Kier alpha value is -0.660. The molecule has 0 aromatic carbocycles. The monoisotopic (exact) mass is 293 g/mol. The Balaban J connectivity index is 4.32. The van der Waals surface area contributed by atoms with Gasteiger partial charge in [0.25, 0.3) is 0 Å². The van der Waals surface area contributed by atoms with E-state index in [9.17, 15) is 13.2 Å². The zero-order valence-corrected chi connectivity index (χ0v) is 13.7. The van der Waals surface area contributed by atoms with E-state index in [0.717, 1.165) is 6.54 Å². The summed E-state index contributed by atoms with van der Waals surface area (Å²) in [5, 5.41) is 2.77. The Morgan fingerprint density at radius 3 is 2.05 bits per heavy atom. The smallest absolute Gasteiger partial charge is 0.221 e. The maximum atomic E-state index is 11.7. The average Bonchev–Trinajstić information content (AvgIpc) is 2.12. The molecule has 6 nitrogen and oxygen atoms in total. The fourth-order valence-corrected chi connectivity index (χ4v) is 3.13. The zero-order valence-electron chi connectivity index (χ0n) is 12.9. The first-order chi connectivity index (χ1) is 8.44. The van der Waals surface area contributed by atoms with Crippen molar-refractivity contribution in [1.82, 2.24) is 14.5 Å². The predicted octanol–water partition coefficient (Wildman–Crippen LogP) is 0.114. The van der Waals surface area contributed by atoms with Crippen LogP contribution >= 0.6 is 0 Å². The highest BCUT2D eigenvalue weighted by Gasteiger charge is 2.29. The Morgan fingerprint density at radius 2 is 1.68 bits per heavy atom. The summed E-state index contributed by atoms with van der Waals surface area (Å²) < 4.78 is 24.7. The van der Waals surface area contributed by atoms with Gasteiger partial charge in [0, 0.05) is 31.6 Å². The molecule has 0 saturated heterocycles. The van der Waals surface area contributed by atoms with Gasteiger partial charge in [0.2, 0.25) is 15.9 Å². The van der Waals surface area contributed by atoms with Gasteiger partial charge in [0.15, 0.2) is 0 Å². The quantitative estimate of drug-likeness (QED) is 0.723. The molecule has 0 aromatic heterocycles. The van der Waals surface area contributed by atoms with Crippen molar-refractivity contribution in [2.45, 2.75) is 32.7 Å². The molecule has 0 unspecified atom stereocenters. The van der Waals surface area contributed by atoms with E-state index >= 15 is 0 Å². The van der Waals surface area contributed by atoms with Crippen LogP contribution in [0.1, 0.15) is 27.2 Å². The lowest BCUT2D eigenvalue weighted by atomic mass is 10.1. The van der Waals surface area contributed by atoms with Crippen LogP contribution in [0.5, 0.6) is 0 Å². The molecule has 114 valence electrons. The molecule has 0 aliphatic carbocycles. The van der Waals surface area contributed by atoms with Gasteiger partial charge in [-0.2, -0.15) is 4.31 Å². The number of nitrogens with one attached hydrogen (secondary N) is 1. The molecule has 19 heavy (non-hydrogen) atoms. The van der Waals surface area contributed by atoms with Crippen molar-refractivity contribution in [3.8, 4) is 0 Å². The molecule has 1 N–H and O–H groups in total. The molecule has 0 aromatic rings. The van der Waals surface area contributed by atoms with Crippen molar-refractivity contribution in [2.75, 3.05) is 40.0 Å². The third-order valence-corrected chi connectivity index (χ3v) is 4.10. The highest BCUT2D eigenvalue weighted by molar-refractivity contribution is 7.88. The highest BCUT2D eigenvalue weighted by atomic mass is 32.2. The summed E-state index contributed by atoms with van der Waals surface area (Å²) in [7, 11) is 0.548. The van der Waals surface area contributed by atoms with Crippen LogP contribution in [0.2, 0.25) is 0 Å². The van der Waals surface area contributed by atoms with Crippen LogP contribution in [-0.2, 0) is 14.8 Å². The molecule has 0 aliphatic rings. The number of amides is 1. The van der Waals surface area contributed by atoms with Crippen molar-refractivity contribution < 1.29 is 13.2 Å². The molecule has 0 aliphatic heterocycles.